The van der Waals surface area contributed by atoms with E-state index in [2.05, 4.69) is 56.4 Å². The number of aliphatic hydroxyl groups is 1. The fraction of sp³-hybridized carbons (Fsp3) is 0.455. The summed E-state index contributed by atoms with van der Waals surface area (Å²) < 4.78 is 7.03. The van der Waals surface area contributed by atoms with Gasteiger partial charge in [0, 0.05) is 68.5 Å². The number of pyridine rings is 3. The second-order valence-electron chi connectivity index (χ2n) is 12.2. The van der Waals surface area contributed by atoms with Crippen molar-refractivity contribution in [2.75, 3.05) is 38.2 Å². The third-order valence-electron chi connectivity index (χ3n) is 9.12. The summed E-state index contributed by atoms with van der Waals surface area (Å²) in [5, 5.41) is 24.8. The summed E-state index contributed by atoms with van der Waals surface area (Å²) in [7, 11) is 1.63. The maximum Gasteiger partial charge on any atom is 0.212 e. The summed E-state index contributed by atoms with van der Waals surface area (Å²) in [6.45, 7) is 8.44. The molecule has 0 radical (unpaired) electrons. The van der Waals surface area contributed by atoms with Crippen LogP contribution in [0.3, 0.4) is 0 Å². The highest BCUT2D eigenvalue weighted by Crippen LogP contribution is 2.41. The van der Waals surface area contributed by atoms with Crippen LogP contribution >= 0.6 is 0 Å². The minimum absolute atomic E-state index is 0.324. The fourth-order valence-corrected chi connectivity index (χ4v) is 6.55. The molecule has 0 aromatic carbocycles. The van der Waals surface area contributed by atoms with Gasteiger partial charge >= 0.3 is 0 Å². The highest BCUT2D eigenvalue weighted by Gasteiger charge is 2.32. The lowest BCUT2D eigenvalue weighted by molar-refractivity contribution is -0.00157. The largest absolute Gasteiger partial charge is 0.481 e. The molecule has 9 heteroatoms. The minimum atomic E-state index is -0.641. The monoisotopic (exact) mass is 565 g/mol. The van der Waals surface area contributed by atoms with Gasteiger partial charge in [-0.25, -0.2) is 14.5 Å². The van der Waals surface area contributed by atoms with Crippen molar-refractivity contribution >= 4 is 11.3 Å². The van der Waals surface area contributed by atoms with Crippen molar-refractivity contribution in [1.29, 1.82) is 5.26 Å². The van der Waals surface area contributed by atoms with E-state index in [0.29, 0.717) is 23.3 Å². The first-order valence-electron chi connectivity index (χ1n) is 14.9. The van der Waals surface area contributed by atoms with Crippen molar-refractivity contribution in [3.63, 3.8) is 0 Å². The van der Waals surface area contributed by atoms with E-state index in [4.69, 9.17) is 9.72 Å². The quantitative estimate of drug-likeness (QED) is 0.333. The van der Waals surface area contributed by atoms with Crippen molar-refractivity contribution in [2.24, 2.45) is 5.92 Å². The molecule has 0 amide bonds. The molecular weight excluding hydrogens is 526 g/mol. The average Bonchev–Trinajstić information content (AvgIpc) is 3.44. The van der Waals surface area contributed by atoms with E-state index in [0.717, 1.165) is 80.9 Å². The fourth-order valence-electron chi connectivity index (χ4n) is 6.55. The van der Waals surface area contributed by atoms with E-state index >= 15 is 0 Å². The number of rotatable bonds is 7. The number of nitriles is 1. The zero-order valence-corrected chi connectivity index (χ0v) is 24.7. The van der Waals surface area contributed by atoms with Crippen LogP contribution in [-0.2, 0) is 6.54 Å². The first kappa shape index (κ1) is 28.1. The van der Waals surface area contributed by atoms with Gasteiger partial charge in [-0.1, -0.05) is 6.07 Å². The Morgan fingerprint density at radius 2 is 1.79 bits per heavy atom. The van der Waals surface area contributed by atoms with E-state index < -0.39 is 5.60 Å². The van der Waals surface area contributed by atoms with Crippen LogP contribution < -0.4 is 9.64 Å². The molecule has 5 heterocycles. The van der Waals surface area contributed by atoms with Crippen LogP contribution in [0.25, 0.3) is 16.6 Å². The molecule has 2 fully saturated rings. The minimum Gasteiger partial charge on any atom is -0.481 e. The van der Waals surface area contributed by atoms with Crippen LogP contribution in [0.1, 0.15) is 62.1 Å². The summed E-state index contributed by atoms with van der Waals surface area (Å²) in [5.74, 6) is 2.33. The van der Waals surface area contributed by atoms with Gasteiger partial charge in [0.05, 0.1) is 30.0 Å². The van der Waals surface area contributed by atoms with Crippen molar-refractivity contribution in [1.82, 2.24) is 24.5 Å². The molecule has 6 rings (SSSR count). The highest BCUT2D eigenvalue weighted by atomic mass is 16.5. The molecule has 1 aliphatic carbocycles. The number of methoxy groups -OCH3 is 1. The SMILES string of the molecule is COc1ccc(CN2CCN(c3ccc(-c4cc(C5CCC(C(C)(C)O)CC5)cn5ncc(C#N)c45)cn3)CC2)cn1. The Balaban J connectivity index is 1.17. The zero-order chi connectivity index (χ0) is 29.3. The molecule has 1 saturated carbocycles. The van der Waals surface area contributed by atoms with E-state index in [1.807, 2.05) is 36.8 Å². The van der Waals surface area contributed by atoms with Crippen LogP contribution in [0.2, 0.25) is 0 Å². The Labute approximate surface area is 247 Å². The molecule has 2 aliphatic rings. The second kappa shape index (κ2) is 11.7. The normalized spacial score (nSPS) is 20.0. The maximum absolute atomic E-state index is 10.5. The van der Waals surface area contributed by atoms with E-state index in [-0.39, 0.29) is 0 Å². The third-order valence-corrected chi connectivity index (χ3v) is 9.12. The Bertz CT molecular complexity index is 1550. The molecule has 0 atom stereocenters. The van der Waals surface area contributed by atoms with Crippen molar-refractivity contribution in [3.05, 3.63) is 71.8 Å². The van der Waals surface area contributed by atoms with Crippen LogP contribution in [0, 0.1) is 17.2 Å². The molecule has 0 unspecified atom stereocenters. The Hall–Kier alpha value is -4.00. The number of hydrogen-bond donors (Lipinski definition) is 1. The Morgan fingerprint density at radius 1 is 1.00 bits per heavy atom. The van der Waals surface area contributed by atoms with Crippen LogP contribution in [0.4, 0.5) is 5.82 Å². The highest BCUT2D eigenvalue weighted by molar-refractivity contribution is 5.84. The van der Waals surface area contributed by atoms with Crippen molar-refractivity contribution in [3.8, 4) is 23.1 Å². The second-order valence-corrected chi connectivity index (χ2v) is 12.2. The summed E-state index contributed by atoms with van der Waals surface area (Å²) in [5.41, 5.74) is 5.13. The zero-order valence-electron chi connectivity index (χ0n) is 24.7. The number of fused-ring (bicyclic) bond motifs is 1. The molecule has 4 aromatic heterocycles. The number of hydrogen-bond acceptors (Lipinski definition) is 8. The smallest absolute Gasteiger partial charge is 0.212 e. The van der Waals surface area contributed by atoms with Crippen molar-refractivity contribution < 1.29 is 9.84 Å². The van der Waals surface area contributed by atoms with Gasteiger partial charge in [-0.15, -0.1) is 0 Å². The summed E-state index contributed by atoms with van der Waals surface area (Å²) in [6.07, 6.45) is 11.6. The number of anilines is 1. The molecule has 9 nitrogen and oxygen atoms in total. The maximum atomic E-state index is 10.5. The Kier molecular flexibility index (Phi) is 7.84. The average molecular weight is 566 g/mol. The molecule has 42 heavy (non-hydrogen) atoms. The summed E-state index contributed by atoms with van der Waals surface area (Å²) >= 11 is 0. The molecule has 0 bridgehead atoms. The molecule has 218 valence electrons. The predicted molar refractivity (Wildman–Crippen MR) is 162 cm³/mol. The van der Waals surface area contributed by atoms with Gasteiger partial charge in [0.2, 0.25) is 5.88 Å². The summed E-state index contributed by atoms with van der Waals surface area (Å²) in [6, 6.07) is 12.7. The van der Waals surface area contributed by atoms with Crippen LogP contribution in [-0.4, -0.2) is 68.5 Å². The number of aromatic nitrogens is 4. The van der Waals surface area contributed by atoms with Crippen LogP contribution in [0.15, 0.2) is 55.1 Å². The van der Waals surface area contributed by atoms with E-state index in [1.165, 1.54) is 11.1 Å². The van der Waals surface area contributed by atoms with Gasteiger partial charge in [-0.3, -0.25) is 4.90 Å². The lowest BCUT2D eigenvalue weighted by atomic mass is 9.73. The molecule has 1 N–H and O–H groups in total. The van der Waals surface area contributed by atoms with Gasteiger partial charge < -0.3 is 14.7 Å². The standard InChI is InChI=1S/C33H39N7O2/c1-33(2,41)28-8-5-24(6-9-28)26-16-29(32-27(17-34)20-37-40(32)22-26)25-7-10-30(35-19-25)39-14-12-38(13-15-39)21-23-4-11-31(42-3)36-18-23/h4,7,10-11,16,18-20,22,24,28,41H,5-6,8-9,12-15,21H2,1-3H3. The van der Waals surface area contributed by atoms with Gasteiger partial charge in [0.15, 0.2) is 0 Å². The van der Waals surface area contributed by atoms with Gasteiger partial charge in [-0.05, 0) is 80.7 Å². The first-order chi connectivity index (χ1) is 20.3. The lowest BCUT2D eigenvalue weighted by Crippen LogP contribution is -2.46. The molecule has 1 saturated heterocycles. The van der Waals surface area contributed by atoms with E-state index in [1.54, 1.807) is 13.3 Å². The topological polar surface area (TPSA) is 103 Å². The molecular formula is C33H39N7O2. The molecule has 1 aliphatic heterocycles. The number of ether oxygens (including phenoxy) is 1. The number of piperazine rings is 1. The third kappa shape index (κ3) is 5.83. The lowest BCUT2D eigenvalue weighted by Gasteiger charge is -2.36. The summed E-state index contributed by atoms with van der Waals surface area (Å²) in [4.78, 5) is 14.0. The van der Waals surface area contributed by atoms with Crippen molar-refractivity contribution in [2.45, 2.75) is 57.6 Å². The molecule has 0 spiro atoms. The van der Waals surface area contributed by atoms with Crippen LogP contribution in [0.5, 0.6) is 5.88 Å². The predicted octanol–water partition coefficient (Wildman–Crippen LogP) is 5.04. The number of nitrogens with zero attached hydrogens (tertiary/aromatic N) is 7. The van der Waals surface area contributed by atoms with Gasteiger partial charge in [0.1, 0.15) is 11.9 Å². The Morgan fingerprint density at radius 3 is 2.40 bits per heavy atom. The molecule has 4 aromatic rings. The van der Waals surface area contributed by atoms with E-state index in [9.17, 15) is 10.4 Å². The van der Waals surface area contributed by atoms with Gasteiger partial charge in [0.25, 0.3) is 0 Å². The van der Waals surface area contributed by atoms with Gasteiger partial charge in [-0.2, -0.15) is 10.4 Å². The first-order valence-corrected chi connectivity index (χ1v) is 14.9.